The summed E-state index contributed by atoms with van der Waals surface area (Å²) in [6, 6.07) is 6.58. The minimum Gasteiger partial charge on any atom is -0.457 e. The van der Waals surface area contributed by atoms with Crippen LogP contribution >= 0.6 is 0 Å². The fraction of sp³-hybridized carbons (Fsp3) is 0.462. The van der Waals surface area contributed by atoms with E-state index in [0.29, 0.717) is 24.2 Å². The number of aliphatic hydroxyl groups is 1. The Kier molecular flexibility index (Phi) is 6.39. The standard InChI is InChI=1S/C26H29N3O6/c1-15-17(3-5-19-21(15)13-34-25(19)31)23(27-33)11-28-7-9-29(10-8-28)12-24(30)18-4-6-20-22(16(18)2)14-35-26(20)32/h3-6,23-24,30H,7-14H2,1-2H3/t23-,24-/m1/s1. The van der Waals surface area contributed by atoms with Gasteiger partial charge in [0.15, 0.2) is 0 Å². The summed E-state index contributed by atoms with van der Waals surface area (Å²) in [4.78, 5) is 39.8. The highest BCUT2D eigenvalue weighted by molar-refractivity contribution is 5.94. The van der Waals surface area contributed by atoms with Crippen molar-refractivity contribution >= 4 is 11.9 Å². The molecule has 3 heterocycles. The van der Waals surface area contributed by atoms with Crippen LogP contribution in [-0.2, 0) is 22.7 Å². The van der Waals surface area contributed by atoms with Gasteiger partial charge in [0.25, 0.3) is 0 Å². The minimum absolute atomic E-state index is 0.243. The summed E-state index contributed by atoms with van der Waals surface area (Å²) >= 11 is 0. The first-order valence-corrected chi connectivity index (χ1v) is 11.9. The number of β-amino-alcohol motifs (C(OH)–C–C–N with tert-alkyl or cyclic N) is 1. The van der Waals surface area contributed by atoms with E-state index < -0.39 is 12.1 Å². The van der Waals surface area contributed by atoms with Crippen molar-refractivity contribution in [3.8, 4) is 0 Å². The van der Waals surface area contributed by atoms with Gasteiger partial charge in [0.2, 0.25) is 0 Å². The van der Waals surface area contributed by atoms with Gasteiger partial charge in [-0.15, -0.1) is 0 Å². The van der Waals surface area contributed by atoms with Crippen LogP contribution in [0.25, 0.3) is 0 Å². The molecule has 0 unspecified atom stereocenters. The van der Waals surface area contributed by atoms with Crippen LogP contribution in [0.5, 0.6) is 0 Å². The van der Waals surface area contributed by atoms with Crippen molar-refractivity contribution in [2.75, 3.05) is 39.3 Å². The first kappa shape index (κ1) is 23.6. The number of cyclic esters (lactones) is 2. The van der Waals surface area contributed by atoms with Gasteiger partial charge >= 0.3 is 11.9 Å². The third kappa shape index (κ3) is 4.35. The lowest BCUT2D eigenvalue weighted by atomic mass is 9.94. The van der Waals surface area contributed by atoms with Crippen molar-refractivity contribution in [3.63, 3.8) is 0 Å². The van der Waals surface area contributed by atoms with E-state index in [2.05, 4.69) is 15.0 Å². The number of piperazine rings is 1. The van der Waals surface area contributed by atoms with E-state index in [-0.39, 0.29) is 25.2 Å². The number of hydrogen-bond donors (Lipinski definition) is 1. The lowest BCUT2D eigenvalue weighted by Crippen LogP contribution is -2.48. The maximum absolute atomic E-state index is 11.8. The molecule has 9 heteroatoms. The van der Waals surface area contributed by atoms with Gasteiger partial charge in [-0.1, -0.05) is 17.3 Å². The van der Waals surface area contributed by atoms with Crippen molar-refractivity contribution in [2.45, 2.75) is 39.2 Å². The maximum atomic E-state index is 11.8. The zero-order valence-corrected chi connectivity index (χ0v) is 20.0. The molecule has 0 aliphatic carbocycles. The second kappa shape index (κ2) is 9.49. The number of carbonyl (C=O) groups excluding carboxylic acids is 2. The van der Waals surface area contributed by atoms with Crippen molar-refractivity contribution < 1.29 is 24.2 Å². The predicted octanol–water partition coefficient (Wildman–Crippen LogP) is 2.80. The molecule has 2 aromatic rings. The SMILES string of the molecule is Cc1c([C@H](O)CN2CCN(C[C@@H](N=O)c3ccc4c(c3C)COC4=O)CC2)ccc2c1COC2=O. The van der Waals surface area contributed by atoms with Crippen LogP contribution in [0.2, 0.25) is 0 Å². The Hall–Kier alpha value is -3.14. The van der Waals surface area contributed by atoms with Gasteiger partial charge in [0, 0.05) is 50.4 Å². The Morgan fingerprint density at radius 2 is 1.31 bits per heavy atom. The molecule has 184 valence electrons. The van der Waals surface area contributed by atoms with Crippen molar-refractivity contribution in [2.24, 2.45) is 5.18 Å². The fourth-order valence-electron chi connectivity index (χ4n) is 5.39. The molecule has 2 aromatic carbocycles. The molecule has 1 fully saturated rings. The lowest BCUT2D eigenvalue weighted by molar-refractivity contribution is 0.0525. The zero-order chi connectivity index (χ0) is 24.7. The summed E-state index contributed by atoms with van der Waals surface area (Å²) in [7, 11) is 0. The number of nitroso groups, excluding NO2 is 1. The topological polar surface area (TPSA) is 109 Å². The summed E-state index contributed by atoms with van der Waals surface area (Å²) < 4.78 is 10.2. The van der Waals surface area contributed by atoms with Gasteiger partial charge in [-0.25, -0.2) is 9.59 Å². The first-order chi connectivity index (χ1) is 16.9. The summed E-state index contributed by atoms with van der Waals surface area (Å²) in [5, 5.41) is 14.3. The van der Waals surface area contributed by atoms with Gasteiger partial charge in [0.1, 0.15) is 19.3 Å². The highest BCUT2D eigenvalue weighted by atomic mass is 16.5. The van der Waals surface area contributed by atoms with Crippen LogP contribution in [0.4, 0.5) is 0 Å². The number of esters is 2. The normalized spacial score (nSPS) is 19.6. The largest absolute Gasteiger partial charge is 0.457 e. The molecule has 3 aliphatic rings. The molecule has 0 spiro atoms. The Balaban J connectivity index is 1.18. The van der Waals surface area contributed by atoms with E-state index in [9.17, 15) is 19.6 Å². The number of nitrogens with zero attached hydrogens (tertiary/aromatic N) is 3. The van der Waals surface area contributed by atoms with E-state index >= 15 is 0 Å². The van der Waals surface area contributed by atoms with Crippen molar-refractivity contribution in [1.82, 2.24) is 9.80 Å². The average molecular weight is 480 g/mol. The van der Waals surface area contributed by atoms with Gasteiger partial charge < -0.3 is 14.6 Å². The van der Waals surface area contributed by atoms with E-state index in [4.69, 9.17) is 9.47 Å². The molecule has 0 radical (unpaired) electrons. The molecule has 35 heavy (non-hydrogen) atoms. The molecule has 0 bridgehead atoms. The number of rotatable bonds is 7. The monoisotopic (exact) mass is 479 g/mol. The molecule has 1 N–H and O–H groups in total. The van der Waals surface area contributed by atoms with Crippen LogP contribution in [-0.4, -0.2) is 66.1 Å². The van der Waals surface area contributed by atoms with Crippen LogP contribution in [0.3, 0.4) is 0 Å². The molecular formula is C26H29N3O6. The molecule has 1 saturated heterocycles. The van der Waals surface area contributed by atoms with Gasteiger partial charge in [0.05, 0.1) is 17.2 Å². The fourth-order valence-corrected chi connectivity index (χ4v) is 5.39. The second-order valence-corrected chi connectivity index (χ2v) is 9.50. The van der Waals surface area contributed by atoms with Crippen molar-refractivity contribution in [3.05, 3.63) is 73.7 Å². The number of carbonyl (C=O) groups is 2. The van der Waals surface area contributed by atoms with Gasteiger partial charge in [-0.2, -0.15) is 4.91 Å². The molecule has 3 aliphatic heterocycles. The quantitative estimate of drug-likeness (QED) is 0.477. The Morgan fingerprint density at radius 3 is 1.86 bits per heavy atom. The molecule has 0 amide bonds. The molecule has 2 atom stereocenters. The highest BCUT2D eigenvalue weighted by Crippen LogP contribution is 2.32. The van der Waals surface area contributed by atoms with Crippen LogP contribution in [0, 0.1) is 18.8 Å². The van der Waals surface area contributed by atoms with E-state index in [0.717, 1.165) is 59.6 Å². The van der Waals surface area contributed by atoms with Crippen LogP contribution in [0.1, 0.15) is 66.2 Å². The van der Waals surface area contributed by atoms with Gasteiger partial charge in [-0.05, 0) is 48.2 Å². The number of aliphatic hydroxyl groups excluding tert-OH is 1. The average Bonchev–Trinajstić information content (AvgIpc) is 3.43. The number of benzene rings is 2. The molecular weight excluding hydrogens is 450 g/mol. The molecule has 5 rings (SSSR count). The predicted molar refractivity (Wildman–Crippen MR) is 127 cm³/mol. The van der Waals surface area contributed by atoms with Crippen molar-refractivity contribution in [1.29, 1.82) is 0 Å². The molecule has 0 aromatic heterocycles. The first-order valence-electron chi connectivity index (χ1n) is 11.9. The van der Waals surface area contributed by atoms with E-state index in [1.165, 1.54) is 0 Å². The van der Waals surface area contributed by atoms with E-state index in [1.54, 1.807) is 12.1 Å². The summed E-state index contributed by atoms with van der Waals surface area (Å²) in [6.45, 7) is 8.39. The molecule has 0 saturated carbocycles. The van der Waals surface area contributed by atoms with Gasteiger partial charge in [-0.3, -0.25) is 9.80 Å². The Bertz CT molecular complexity index is 1190. The summed E-state index contributed by atoms with van der Waals surface area (Å²) in [5.41, 5.74) is 6.34. The van der Waals surface area contributed by atoms with E-state index in [1.807, 2.05) is 26.0 Å². The third-order valence-corrected chi connectivity index (χ3v) is 7.59. The summed E-state index contributed by atoms with van der Waals surface area (Å²) in [5.74, 6) is -0.624. The molecule has 9 nitrogen and oxygen atoms in total. The lowest BCUT2D eigenvalue weighted by Gasteiger charge is -2.36. The highest BCUT2D eigenvalue weighted by Gasteiger charge is 2.30. The van der Waals surface area contributed by atoms with Crippen LogP contribution in [0.15, 0.2) is 29.4 Å². The smallest absolute Gasteiger partial charge is 0.338 e. The number of hydrogen-bond acceptors (Lipinski definition) is 9. The summed E-state index contributed by atoms with van der Waals surface area (Å²) in [6.07, 6.45) is -0.661. The Labute approximate surface area is 203 Å². The number of ether oxygens (including phenoxy) is 2. The Morgan fingerprint density at radius 1 is 0.829 bits per heavy atom. The second-order valence-electron chi connectivity index (χ2n) is 9.50. The zero-order valence-electron chi connectivity index (χ0n) is 20.0. The van der Waals surface area contributed by atoms with Crippen LogP contribution < -0.4 is 0 Å². The third-order valence-electron chi connectivity index (χ3n) is 7.59. The number of fused-ring (bicyclic) bond motifs is 2. The maximum Gasteiger partial charge on any atom is 0.338 e. The minimum atomic E-state index is -0.661.